The molecule has 3 nitrogen and oxygen atoms in total. The van der Waals surface area contributed by atoms with Crippen molar-refractivity contribution in [2.24, 2.45) is 0 Å². The molecule has 2 rings (SSSR count). The Balaban J connectivity index is 2.08. The predicted molar refractivity (Wildman–Crippen MR) is 94.2 cm³/mol. The molecule has 2 aromatic rings. The minimum absolute atomic E-state index is 0.118. The van der Waals surface area contributed by atoms with E-state index in [0.29, 0.717) is 15.8 Å². The van der Waals surface area contributed by atoms with E-state index in [1.165, 1.54) is 0 Å². The van der Waals surface area contributed by atoms with E-state index < -0.39 is 6.10 Å². The van der Waals surface area contributed by atoms with Crippen LogP contribution in [-0.2, 0) is 4.79 Å². The first kappa shape index (κ1) is 17.6. The monoisotopic (exact) mass is 351 g/mol. The standard InChI is InChI=1S/C18H19Cl2NO2/c1-12(16-10-9-14(19)11-17(16)20)21(3)18(22)13(2)23-15-7-5-4-6-8-15/h4-13H,1-3H3. The van der Waals surface area contributed by atoms with E-state index >= 15 is 0 Å². The summed E-state index contributed by atoms with van der Waals surface area (Å²) in [5.41, 5.74) is 0.846. The Labute approximate surface area is 146 Å². The third-order valence-corrected chi connectivity index (χ3v) is 4.31. The van der Waals surface area contributed by atoms with Crippen LogP contribution in [0.2, 0.25) is 10.0 Å². The van der Waals surface area contributed by atoms with E-state index in [-0.39, 0.29) is 11.9 Å². The van der Waals surface area contributed by atoms with Gasteiger partial charge in [0.1, 0.15) is 5.75 Å². The smallest absolute Gasteiger partial charge is 0.263 e. The normalized spacial score (nSPS) is 13.3. The number of likely N-dealkylation sites (N-methyl/N-ethyl adjacent to an activating group) is 1. The average molecular weight is 352 g/mol. The largest absolute Gasteiger partial charge is 0.481 e. The average Bonchev–Trinajstić information content (AvgIpc) is 2.53. The van der Waals surface area contributed by atoms with E-state index in [0.717, 1.165) is 5.56 Å². The van der Waals surface area contributed by atoms with Crippen LogP contribution in [-0.4, -0.2) is 24.0 Å². The van der Waals surface area contributed by atoms with Gasteiger partial charge in [-0.1, -0.05) is 47.5 Å². The highest BCUT2D eigenvalue weighted by Crippen LogP contribution is 2.29. The van der Waals surface area contributed by atoms with Gasteiger partial charge in [-0.2, -0.15) is 0 Å². The number of amides is 1. The summed E-state index contributed by atoms with van der Waals surface area (Å²) in [6.07, 6.45) is -0.587. The van der Waals surface area contributed by atoms with Gasteiger partial charge in [-0.05, 0) is 43.7 Å². The van der Waals surface area contributed by atoms with E-state index in [9.17, 15) is 4.79 Å². The Morgan fingerprint density at radius 2 is 1.74 bits per heavy atom. The number of benzene rings is 2. The maximum atomic E-state index is 12.6. The van der Waals surface area contributed by atoms with Crippen molar-refractivity contribution in [3.8, 4) is 5.75 Å². The second-order valence-electron chi connectivity index (χ2n) is 5.36. The van der Waals surface area contributed by atoms with Gasteiger partial charge < -0.3 is 9.64 Å². The summed E-state index contributed by atoms with van der Waals surface area (Å²) < 4.78 is 5.69. The number of carbonyl (C=O) groups excluding carboxylic acids is 1. The molecular weight excluding hydrogens is 333 g/mol. The number of halogens is 2. The third kappa shape index (κ3) is 4.40. The van der Waals surface area contributed by atoms with Crippen LogP contribution in [0, 0.1) is 0 Å². The molecule has 0 bridgehead atoms. The quantitative estimate of drug-likeness (QED) is 0.760. The summed E-state index contributed by atoms with van der Waals surface area (Å²) in [6, 6.07) is 14.4. The number of ether oxygens (including phenoxy) is 1. The van der Waals surface area contributed by atoms with Crippen LogP contribution >= 0.6 is 23.2 Å². The van der Waals surface area contributed by atoms with Gasteiger partial charge in [-0.25, -0.2) is 0 Å². The fourth-order valence-corrected chi connectivity index (χ4v) is 2.85. The molecule has 2 unspecified atom stereocenters. The van der Waals surface area contributed by atoms with Crippen molar-refractivity contribution in [1.82, 2.24) is 4.90 Å². The Morgan fingerprint density at radius 1 is 1.09 bits per heavy atom. The molecular formula is C18H19Cl2NO2. The van der Waals surface area contributed by atoms with Crippen molar-refractivity contribution in [2.75, 3.05) is 7.05 Å². The van der Waals surface area contributed by atoms with E-state index in [4.69, 9.17) is 27.9 Å². The zero-order valence-corrected chi connectivity index (χ0v) is 14.8. The molecule has 0 aromatic heterocycles. The summed E-state index contributed by atoms with van der Waals surface area (Å²) in [6.45, 7) is 3.66. The van der Waals surface area contributed by atoms with Gasteiger partial charge in [0, 0.05) is 17.1 Å². The molecule has 23 heavy (non-hydrogen) atoms. The molecule has 0 heterocycles. The maximum Gasteiger partial charge on any atom is 0.263 e. The van der Waals surface area contributed by atoms with E-state index in [1.54, 1.807) is 31.0 Å². The lowest BCUT2D eigenvalue weighted by atomic mass is 10.1. The first-order valence-corrected chi connectivity index (χ1v) is 8.09. The first-order valence-electron chi connectivity index (χ1n) is 7.33. The van der Waals surface area contributed by atoms with Crippen molar-refractivity contribution < 1.29 is 9.53 Å². The van der Waals surface area contributed by atoms with Crippen molar-refractivity contribution in [2.45, 2.75) is 26.0 Å². The summed E-state index contributed by atoms with van der Waals surface area (Å²) in [5.74, 6) is 0.547. The number of hydrogen-bond donors (Lipinski definition) is 0. The molecule has 0 fully saturated rings. The summed E-state index contributed by atoms with van der Waals surface area (Å²) >= 11 is 12.1. The third-order valence-electron chi connectivity index (χ3n) is 3.74. The number of carbonyl (C=O) groups is 1. The summed E-state index contributed by atoms with van der Waals surface area (Å²) in [4.78, 5) is 14.2. The number of para-hydroxylation sites is 1. The molecule has 0 saturated heterocycles. The van der Waals surface area contributed by atoms with Crippen LogP contribution in [0.5, 0.6) is 5.75 Å². The van der Waals surface area contributed by atoms with Crippen LogP contribution in [0.15, 0.2) is 48.5 Å². The lowest BCUT2D eigenvalue weighted by Crippen LogP contribution is -2.39. The highest BCUT2D eigenvalue weighted by molar-refractivity contribution is 6.35. The molecule has 2 atom stereocenters. The molecule has 1 amide bonds. The van der Waals surface area contributed by atoms with Crippen LogP contribution < -0.4 is 4.74 Å². The Morgan fingerprint density at radius 3 is 2.35 bits per heavy atom. The minimum Gasteiger partial charge on any atom is -0.481 e. The fourth-order valence-electron chi connectivity index (χ4n) is 2.28. The van der Waals surface area contributed by atoms with Crippen LogP contribution in [0.25, 0.3) is 0 Å². The molecule has 2 aromatic carbocycles. The van der Waals surface area contributed by atoms with E-state index in [2.05, 4.69) is 0 Å². The van der Waals surface area contributed by atoms with Crippen LogP contribution in [0.3, 0.4) is 0 Å². The molecule has 0 spiro atoms. The summed E-state index contributed by atoms with van der Waals surface area (Å²) in [7, 11) is 1.74. The highest BCUT2D eigenvalue weighted by atomic mass is 35.5. The van der Waals surface area contributed by atoms with Crippen molar-refractivity contribution in [1.29, 1.82) is 0 Å². The van der Waals surface area contributed by atoms with Crippen molar-refractivity contribution in [3.05, 3.63) is 64.1 Å². The van der Waals surface area contributed by atoms with Gasteiger partial charge in [0.2, 0.25) is 0 Å². The Hall–Kier alpha value is -1.71. The first-order chi connectivity index (χ1) is 10.9. The molecule has 0 aliphatic carbocycles. The highest BCUT2D eigenvalue weighted by Gasteiger charge is 2.25. The number of hydrogen-bond acceptors (Lipinski definition) is 2. The summed E-state index contributed by atoms with van der Waals surface area (Å²) in [5, 5.41) is 1.11. The second kappa shape index (κ2) is 7.71. The molecule has 5 heteroatoms. The minimum atomic E-state index is -0.587. The maximum absolute atomic E-state index is 12.6. The predicted octanol–water partition coefficient (Wildman–Crippen LogP) is 4.98. The van der Waals surface area contributed by atoms with Crippen LogP contribution in [0.1, 0.15) is 25.5 Å². The number of rotatable bonds is 5. The molecule has 0 aliphatic rings. The SMILES string of the molecule is CC(Oc1ccccc1)C(=O)N(C)C(C)c1ccc(Cl)cc1Cl. The zero-order chi connectivity index (χ0) is 17.0. The molecule has 0 N–H and O–H groups in total. The van der Waals surface area contributed by atoms with E-state index in [1.807, 2.05) is 43.3 Å². The van der Waals surface area contributed by atoms with Crippen molar-refractivity contribution >= 4 is 29.1 Å². The molecule has 0 radical (unpaired) electrons. The van der Waals surface area contributed by atoms with Gasteiger partial charge in [0.25, 0.3) is 5.91 Å². The van der Waals surface area contributed by atoms with Crippen LogP contribution in [0.4, 0.5) is 0 Å². The fraction of sp³-hybridized carbons (Fsp3) is 0.278. The van der Waals surface area contributed by atoms with Gasteiger partial charge in [0.05, 0.1) is 6.04 Å². The zero-order valence-electron chi connectivity index (χ0n) is 13.3. The van der Waals surface area contributed by atoms with Gasteiger partial charge in [-0.15, -0.1) is 0 Å². The molecule has 122 valence electrons. The topological polar surface area (TPSA) is 29.5 Å². The molecule has 0 saturated carbocycles. The van der Waals surface area contributed by atoms with Crippen molar-refractivity contribution in [3.63, 3.8) is 0 Å². The lowest BCUT2D eigenvalue weighted by molar-refractivity contribution is -0.138. The second-order valence-corrected chi connectivity index (χ2v) is 6.21. The van der Waals surface area contributed by atoms with Gasteiger partial charge in [-0.3, -0.25) is 4.79 Å². The molecule has 0 aliphatic heterocycles. The lowest BCUT2D eigenvalue weighted by Gasteiger charge is -2.28. The number of nitrogens with zero attached hydrogens (tertiary/aromatic N) is 1. The Bertz CT molecular complexity index is 676. The van der Waals surface area contributed by atoms with Gasteiger partial charge in [0.15, 0.2) is 6.10 Å². The Kier molecular flexibility index (Phi) is 5.91. The van der Waals surface area contributed by atoms with Gasteiger partial charge >= 0.3 is 0 Å².